The maximum absolute atomic E-state index is 13.2. The molecule has 0 spiro atoms. The number of hydrogen-bond donors (Lipinski definition) is 2. The molecule has 0 amide bonds. The van der Waals surface area contributed by atoms with Crippen LogP contribution in [0.2, 0.25) is 0 Å². The van der Waals surface area contributed by atoms with Crippen molar-refractivity contribution in [3.63, 3.8) is 0 Å². The van der Waals surface area contributed by atoms with Gasteiger partial charge in [-0.3, -0.25) is 0 Å². The van der Waals surface area contributed by atoms with E-state index in [9.17, 15) is 4.39 Å². The Labute approximate surface area is 102 Å². The van der Waals surface area contributed by atoms with Crippen LogP contribution in [0.25, 0.3) is 0 Å². The summed E-state index contributed by atoms with van der Waals surface area (Å²) in [5.41, 5.74) is 6.81. The van der Waals surface area contributed by atoms with Gasteiger partial charge in [0.2, 0.25) is 0 Å². The first kappa shape index (κ1) is 12.5. The zero-order chi connectivity index (χ0) is 12.1. The number of benzene rings is 1. The molecule has 1 aliphatic heterocycles. The zero-order valence-electron chi connectivity index (χ0n) is 10.0. The second kappa shape index (κ2) is 6.10. The summed E-state index contributed by atoms with van der Waals surface area (Å²) >= 11 is 0. The van der Waals surface area contributed by atoms with Crippen molar-refractivity contribution in [1.82, 2.24) is 10.2 Å². The van der Waals surface area contributed by atoms with Crippen LogP contribution in [0.1, 0.15) is 11.5 Å². The number of piperazine rings is 1. The number of nitrogens with two attached hydrogens (primary N) is 1. The summed E-state index contributed by atoms with van der Waals surface area (Å²) < 4.78 is 13.2. The van der Waals surface area contributed by atoms with Gasteiger partial charge in [0.05, 0.1) is 0 Å². The van der Waals surface area contributed by atoms with Gasteiger partial charge < -0.3 is 16.0 Å². The van der Waals surface area contributed by atoms with Gasteiger partial charge in [0.15, 0.2) is 0 Å². The fraction of sp³-hybridized carbons (Fsp3) is 0.538. The van der Waals surface area contributed by atoms with E-state index >= 15 is 0 Å². The second-order valence-electron chi connectivity index (χ2n) is 4.54. The quantitative estimate of drug-likeness (QED) is 0.813. The predicted octanol–water partition coefficient (Wildman–Crippen LogP) is 0.773. The monoisotopic (exact) mass is 237 g/mol. The van der Waals surface area contributed by atoms with Gasteiger partial charge in [0.1, 0.15) is 5.82 Å². The minimum Gasteiger partial charge on any atom is -0.330 e. The highest BCUT2D eigenvalue weighted by molar-refractivity contribution is 5.21. The molecule has 4 heteroatoms. The van der Waals surface area contributed by atoms with E-state index in [1.165, 1.54) is 6.07 Å². The van der Waals surface area contributed by atoms with E-state index in [0.29, 0.717) is 6.54 Å². The van der Waals surface area contributed by atoms with Crippen LogP contribution in [-0.4, -0.2) is 44.2 Å². The number of nitrogens with one attached hydrogen (secondary N) is 1. The molecule has 1 heterocycles. The summed E-state index contributed by atoms with van der Waals surface area (Å²) in [6.07, 6.45) is 0. The molecule has 1 atom stereocenters. The number of hydrogen-bond acceptors (Lipinski definition) is 3. The molecule has 94 valence electrons. The summed E-state index contributed by atoms with van der Waals surface area (Å²) in [4.78, 5) is 2.39. The molecular formula is C13H20FN3. The lowest BCUT2D eigenvalue weighted by Gasteiger charge is -2.30. The molecule has 1 fully saturated rings. The van der Waals surface area contributed by atoms with Crippen molar-refractivity contribution < 1.29 is 4.39 Å². The van der Waals surface area contributed by atoms with Gasteiger partial charge >= 0.3 is 0 Å². The maximum Gasteiger partial charge on any atom is 0.123 e. The fourth-order valence-corrected chi connectivity index (χ4v) is 2.28. The van der Waals surface area contributed by atoms with Crippen molar-refractivity contribution >= 4 is 0 Å². The molecular weight excluding hydrogens is 217 g/mol. The highest BCUT2D eigenvalue weighted by Gasteiger charge is 2.16. The van der Waals surface area contributed by atoms with Gasteiger partial charge in [-0.1, -0.05) is 12.1 Å². The number of nitrogens with zero attached hydrogens (tertiary/aromatic N) is 1. The van der Waals surface area contributed by atoms with Gasteiger partial charge in [-0.25, -0.2) is 4.39 Å². The van der Waals surface area contributed by atoms with Crippen molar-refractivity contribution in [1.29, 1.82) is 0 Å². The van der Waals surface area contributed by atoms with E-state index in [4.69, 9.17) is 5.73 Å². The van der Waals surface area contributed by atoms with Crippen molar-refractivity contribution in [3.05, 3.63) is 35.6 Å². The topological polar surface area (TPSA) is 41.3 Å². The summed E-state index contributed by atoms with van der Waals surface area (Å²) in [7, 11) is 0. The third-order valence-corrected chi connectivity index (χ3v) is 3.29. The van der Waals surface area contributed by atoms with Crippen LogP contribution in [0.3, 0.4) is 0 Å². The molecule has 0 aromatic heterocycles. The molecule has 1 aliphatic rings. The Kier molecular flexibility index (Phi) is 4.48. The fourth-order valence-electron chi connectivity index (χ4n) is 2.28. The summed E-state index contributed by atoms with van der Waals surface area (Å²) in [5.74, 6) is 0.0464. The van der Waals surface area contributed by atoms with E-state index in [2.05, 4.69) is 10.2 Å². The minimum absolute atomic E-state index is 0.179. The predicted molar refractivity (Wildman–Crippen MR) is 67.5 cm³/mol. The van der Waals surface area contributed by atoms with Crippen LogP contribution in [0.4, 0.5) is 4.39 Å². The Morgan fingerprint density at radius 3 is 2.76 bits per heavy atom. The summed E-state index contributed by atoms with van der Waals surface area (Å²) in [6.45, 7) is 5.63. The smallest absolute Gasteiger partial charge is 0.123 e. The van der Waals surface area contributed by atoms with E-state index in [-0.39, 0.29) is 11.7 Å². The molecule has 0 radical (unpaired) electrons. The van der Waals surface area contributed by atoms with Crippen LogP contribution in [0, 0.1) is 5.82 Å². The van der Waals surface area contributed by atoms with Crippen LogP contribution in [0.5, 0.6) is 0 Å². The van der Waals surface area contributed by atoms with E-state index in [1.807, 2.05) is 6.07 Å². The van der Waals surface area contributed by atoms with Gasteiger partial charge in [0, 0.05) is 45.2 Å². The molecule has 17 heavy (non-hydrogen) atoms. The Morgan fingerprint density at radius 1 is 1.35 bits per heavy atom. The van der Waals surface area contributed by atoms with Gasteiger partial charge in [-0.15, -0.1) is 0 Å². The third-order valence-electron chi connectivity index (χ3n) is 3.29. The van der Waals surface area contributed by atoms with E-state index in [0.717, 1.165) is 38.3 Å². The van der Waals surface area contributed by atoms with Gasteiger partial charge in [0.25, 0.3) is 0 Å². The van der Waals surface area contributed by atoms with Crippen LogP contribution < -0.4 is 11.1 Å². The third kappa shape index (κ3) is 3.49. The Morgan fingerprint density at radius 2 is 2.12 bits per heavy atom. The van der Waals surface area contributed by atoms with Crippen molar-refractivity contribution in [3.8, 4) is 0 Å². The van der Waals surface area contributed by atoms with Crippen molar-refractivity contribution in [2.24, 2.45) is 5.73 Å². The largest absolute Gasteiger partial charge is 0.330 e. The van der Waals surface area contributed by atoms with Crippen LogP contribution in [0.15, 0.2) is 24.3 Å². The van der Waals surface area contributed by atoms with Crippen LogP contribution >= 0.6 is 0 Å². The molecule has 0 bridgehead atoms. The van der Waals surface area contributed by atoms with Crippen molar-refractivity contribution in [2.45, 2.75) is 5.92 Å². The molecule has 2 rings (SSSR count). The Bertz CT molecular complexity index is 350. The molecule has 1 aromatic rings. The lowest BCUT2D eigenvalue weighted by atomic mass is 9.98. The van der Waals surface area contributed by atoms with Gasteiger partial charge in [-0.05, 0) is 17.7 Å². The molecule has 0 aliphatic carbocycles. The molecule has 1 aromatic carbocycles. The lowest BCUT2D eigenvalue weighted by Crippen LogP contribution is -2.45. The first-order valence-corrected chi connectivity index (χ1v) is 6.18. The molecule has 3 nitrogen and oxygen atoms in total. The highest BCUT2D eigenvalue weighted by Crippen LogP contribution is 2.17. The average Bonchev–Trinajstić information content (AvgIpc) is 2.37. The lowest BCUT2D eigenvalue weighted by molar-refractivity contribution is 0.228. The first-order chi connectivity index (χ1) is 8.29. The molecule has 0 saturated carbocycles. The summed E-state index contributed by atoms with van der Waals surface area (Å²) in [6, 6.07) is 6.79. The zero-order valence-corrected chi connectivity index (χ0v) is 10.0. The maximum atomic E-state index is 13.2. The second-order valence-corrected chi connectivity index (χ2v) is 4.54. The normalized spacial score (nSPS) is 19.2. The van der Waals surface area contributed by atoms with E-state index in [1.54, 1.807) is 12.1 Å². The SMILES string of the molecule is NCC(CN1CCNCC1)c1cccc(F)c1. The Hall–Kier alpha value is -0.970. The molecule has 1 unspecified atom stereocenters. The Balaban J connectivity index is 2.00. The highest BCUT2D eigenvalue weighted by atomic mass is 19.1. The van der Waals surface area contributed by atoms with E-state index < -0.39 is 0 Å². The first-order valence-electron chi connectivity index (χ1n) is 6.18. The number of rotatable bonds is 4. The summed E-state index contributed by atoms with van der Waals surface area (Å²) in [5, 5.41) is 3.32. The minimum atomic E-state index is -0.179. The number of halogens is 1. The van der Waals surface area contributed by atoms with Crippen LogP contribution in [-0.2, 0) is 0 Å². The van der Waals surface area contributed by atoms with Gasteiger partial charge in [-0.2, -0.15) is 0 Å². The molecule has 1 saturated heterocycles. The standard InChI is InChI=1S/C13H20FN3/c14-13-3-1-2-11(8-13)12(9-15)10-17-6-4-16-5-7-17/h1-3,8,12,16H,4-7,9-10,15H2. The average molecular weight is 237 g/mol. The molecule has 3 N–H and O–H groups in total. The van der Waals surface area contributed by atoms with Crippen molar-refractivity contribution in [2.75, 3.05) is 39.3 Å².